The molecule has 0 unspecified atom stereocenters. The molecule has 11 heteroatoms. The van der Waals surface area contributed by atoms with E-state index in [2.05, 4.69) is 5.32 Å². The maximum absolute atomic E-state index is 13.4. The van der Waals surface area contributed by atoms with Gasteiger partial charge in [0.2, 0.25) is 12.7 Å². The number of urea groups is 1. The van der Waals surface area contributed by atoms with Gasteiger partial charge < -0.3 is 19.7 Å². The van der Waals surface area contributed by atoms with E-state index < -0.39 is 29.5 Å². The lowest BCUT2D eigenvalue weighted by Gasteiger charge is -2.19. The monoisotopic (exact) mass is 425 g/mol. The van der Waals surface area contributed by atoms with E-state index in [0.29, 0.717) is 35.9 Å². The zero-order valence-electron chi connectivity index (χ0n) is 15.3. The first-order valence-corrected chi connectivity index (χ1v) is 8.85. The van der Waals surface area contributed by atoms with Gasteiger partial charge in [-0.15, -0.1) is 0 Å². The number of benzene rings is 2. The highest BCUT2D eigenvalue weighted by Gasteiger charge is 2.35. The molecule has 2 aliphatic rings. The second-order valence-electron chi connectivity index (χ2n) is 6.63. The van der Waals surface area contributed by atoms with Crippen molar-refractivity contribution in [1.29, 1.82) is 0 Å². The van der Waals surface area contributed by atoms with Crippen molar-refractivity contribution in [3.8, 4) is 11.5 Å². The number of amides is 3. The number of hydrogen-bond donors (Lipinski definition) is 1. The van der Waals surface area contributed by atoms with Crippen LogP contribution in [-0.2, 0) is 11.0 Å². The van der Waals surface area contributed by atoms with Gasteiger partial charge >= 0.3 is 12.2 Å². The largest absolute Gasteiger partial charge is 0.454 e. The first kappa shape index (κ1) is 19.8. The Morgan fingerprint density at radius 3 is 2.60 bits per heavy atom. The van der Waals surface area contributed by atoms with Crippen LogP contribution in [0.2, 0.25) is 0 Å². The number of nitrogens with zero attached hydrogens (tertiary/aromatic N) is 2. The van der Waals surface area contributed by atoms with Crippen LogP contribution >= 0.6 is 0 Å². The van der Waals surface area contributed by atoms with Crippen molar-refractivity contribution in [2.24, 2.45) is 0 Å². The topological polar surface area (TPSA) is 71.1 Å². The fraction of sp³-hybridized carbons (Fsp3) is 0.263. The van der Waals surface area contributed by atoms with E-state index in [1.54, 1.807) is 18.2 Å². The minimum Gasteiger partial charge on any atom is -0.454 e. The van der Waals surface area contributed by atoms with Gasteiger partial charge in [0.25, 0.3) is 0 Å². The zero-order chi connectivity index (χ0) is 21.5. The first-order valence-electron chi connectivity index (χ1n) is 8.85. The van der Waals surface area contributed by atoms with Gasteiger partial charge in [0.1, 0.15) is 12.4 Å². The van der Waals surface area contributed by atoms with Gasteiger partial charge in [0.15, 0.2) is 11.5 Å². The van der Waals surface area contributed by atoms with Crippen LogP contribution in [0.25, 0.3) is 0 Å². The van der Waals surface area contributed by atoms with Gasteiger partial charge in [-0.25, -0.2) is 9.18 Å². The molecule has 0 aliphatic carbocycles. The molecule has 0 atom stereocenters. The quantitative estimate of drug-likeness (QED) is 0.762. The summed E-state index contributed by atoms with van der Waals surface area (Å²) in [4.78, 5) is 27.6. The Hall–Kier alpha value is -3.50. The minimum absolute atomic E-state index is 0.0957. The van der Waals surface area contributed by atoms with Gasteiger partial charge in [-0.05, 0) is 30.3 Å². The summed E-state index contributed by atoms with van der Waals surface area (Å²) >= 11 is 0. The lowest BCUT2D eigenvalue weighted by Crippen LogP contribution is -2.37. The van der Waals surface area contributed by atoms with E-state index >= 15 is 0 Å². The van der Waals surface area contributed by atoms with Gasteiger partial charge in [0, 0.05) is 30.5 Å². The van der Waals surface area contributed by atoms with E-state index in [1.807, 2.05) is 0 Å². The summed E-state index contributed by atoms with van der Waals surface area (Å²) in [5.74, 6) is -1.06. The van der Waals surface area contributed by atoms with Crippen molar-refractivity contribution in [2.45, 2.75) is 6.18 Å². The molecule has 30 heavy (non-hydrogen) atoms. The molecule has 0 saturated carbocycles. The molecule has 2 aromatic carbocycles. The number of carbonyl (C=O) groups excluding carboxylic acids is 2. The van der Waals surface area contributed by atoms with Crippen molar-refractivity contribution < 1.29 is 36.6 Å². The van der Waals surface area contributed by atoms with Crippen molar-refractivity contribution in [2.75, 3.05) is 36.6 Å². The number of hydrogen-bond acceptors (Lipinski definition) is 4. The second kappa shape index (κ2) is 7.39. The van der Waals surface area contributed by atoms with E-state index in [1.165, 1.54) is 9.80 Å². The highest BCUT2D eigenvalue weighted by atomic mass is 19.4. The van der Waals surface area contributed by atoms with Crippen LogP contribution in [0.4, 0.5) is 33.7 Å². The number of carbonyl (C=O) groups is 2. The first-order chi connectivity index (χ1) is 14.2. The van der Waals surface area contributed by atoms with Crippen LogP contribution in [0, 0.1) is 5.82 Å². The summed E-state index contributed by atoms with van der Waals surface area (Å²) in [7, 11) is 0. The maximum Gasteiger partial charge on any atom is 0.419 e. The molecule has 1 fully saturated rings. The Morgan fingerprint density at radius 2 is 1.83 bits per heavy atom. The summed E-state index contributed by atoms with van der Waals surface area (Å²) in [6.45, 7) is 0.301. The number of nitrogens with one attached hydrogen (secondary N) is 1. The Bertz CT molecular complexity index is 1010. The zero-order valence-corrected chi connectivity index (χ0v) is 15.3. The lowest BCUT2D eigenvalue weighted by molar-refractivity contribution is -0.140. The summed E-state index contributed by atoms with van der Waals surface area (Å²) in [6.07, 6.45) is -4.89. The maximum atomic E-state index is 13.4. The Balaban J connectivity index is 1.40. The highest BCUT2D eigenvalue weighted by Crippen LogP contribution is 2.36. The number of ether oxygens (including phenoxy) is 2. The lowest BCUT2D eigenvalue weighted by atomic mass is 10.2. The van der Waals surface area contributed by atoms with Gasteiger partial charge in [-0.3, -0.25) is 9.69 Å². The van der Waals surface area contributed by atoms with Crippen molar-refractivity contribution in [3.63, 3.8) is 0 Å². The fourth-order valence-electron chi connectivity index (χ4n) is 3.22. The summed E-state index contributed by atoms with van der Waals surface area (Å²) in [5.41, 5.74) is -1.12. The Kier molecular flexibility index (Phi) is 4.88. The van der Waals surface area contributed by atoms with Gasteiger partial charge in [-0.1, -0.05) is 0 Å². The molecule has 0 aromatic heterocycles. The number of alkyl halides is 3. The predicted octanol–water partition coefficient (Wildman–Crippen LogP) is 3.45. The second-order valence-corrected chi connectivity index (χ2v) is 6.63. The Morgan fingerprint density at radius 1 is 1.07 bits per heavy atom. The molecule has 2 heterocycles. The molecule has 158 valence electrons. The molecule has 7 nitrogen and oxygen atoms in total. The summed E-state index contributed by atoms with van der Waals surface area (Å²) in [6, 6.07) is 6.74. The predicted molar refractivity (Wildman–Crippen MR) is 96.9 cm³/mol. The van der Waals surface area contributed by atoms with Crippen molar-refractivity contribution in [3.05, 3.63) is 47.8 Å². The molecule has 4 rings (SSSR count). The molecule has 1 N–H and O–H groups in total. The van der Waals surface area contributed by atoms with Crippen LogP contribution in [0.1, 0.15) is 5.56 Å². The number of halogens is 4. The smallest absolute Gasteiger partial charge is 0.419 e. The van der Waals surface area contributed by atoms with Crippen molar-refractivity contribution in [1.82, 2.24) is 4.90 Å². The SMILES string of the molecule is O=C(CN1CCN(c2ccc3c(c2)OCO3)C1=O)Nc1ccc(F)c(C(F)(F)F)c1. The number of fused-ring (bicyclic) bond motifs is 1. The number of rotatable bonds is 4. The molecule has 1 saturated heterocycles. The molecule has 0 radical (unpaired) electrons. The third-order valence-electron chi connectivity index (χ3n) is 4.65. The van der Waals surface area contributed by atoms with E-state index in [0.717, 1.165) is 6.07 Å². The fourth-order valence-corrected chi connectivity index (χ4v) is 3.22. The van der Waals surface area contributed by atoms with E-state index in [4.69, 9.17) is 9.47 Å². The third-order valence-corrected chi connectivity index (χ3v) is 4.65. The van der Waals surface area contributed by atoms with Gasteiger partial charge in [0.05, 0.1) is 5.56 Å². The van der Waals surface area contributed by atoms with Crippen LogP contribution in [0.15, 0.2) is 36.4 Å². The third kappa shape index (κ3) is 3.82. The minimum atomic E-state index is -4.89. The standard InChI is InChI=1S/C19H15F4N3O4/c20-14-3-1-11(7-13(14)19(21,22)23)24-17(27)9-25-5-6-26(18(25)28)12-2-4-15-16(8-12)30-10-29-15/h1-4,7-8H,5-6,9-10H2,(H,24,27). The Labute approximate surface area is 167 Å². The molecule has 2 aliphatic heterocycles. The molecular weight excluding hydrogens is 410 g/mol. The average Bonchev–Trinajstić information content (AvgIpc) is 3.29. The molecular formula is C19H15F4N3O4. The normalized spacial score (nSPS) is 15.7. The van der Waals surface area contributed by atoms with Crippen molar-refractivity contribution >= 4 is 23.3 Å². The number of anilines is 2. The van der Waals surface area contributed by atoms with Crippen LogP contribution in [-0.4, -0.2) is 43.3 Å². The van der Waals surface area contributed by atoms with Crippen LogP contribution < -0.4 is 19.7 Å². The molecule has 2 aromatic rings. The highest BCUT2D eigenvalue weighted by molar-refractivity contribution is 5.99. The summed E-state index contributed by atoms with van der Waals surface area (Å²) < 4.78 is 62.3. The van der Waals surface area contributed by atoms with Crippen LogP contribution in [0.3, 0.4) is 0 Å². The van der Waals surface area contributed by atoms with Crippen LogP contribution in [0.5, 0.6) is 11.5 Å². The average molecular weight is 425 g/mol. The molecule has 0 spiro atoms. The van der Waals surface area contributed by atoms with E-state index in [9.17, 15) is 27.2 Å². The van der Waals surface area contributed by atoms with Gasteiger partial charge in [-0.2, -0.15) is 13.2 Å². The molecule has 0 bridgehead atoms. The van der Waals surface area contributed by atoms with E-state index in [-0.39, 0.29) is 25.6 Å². The molecule has 3 amide bonds. The summed E-state index contributed by atoms with van der Waals surface area (Å²) in [5, 5.41) is 2.26.